The van der Waals surface area contributed by atoms with Crippen LogP contribution in [0.25, 0.3) is 0 Å². The highest BCUT2D eigenvalue weighted by Crippen LogP contribution is 1.55. The molecule has 3 nitrogen and oxygen atoms in total. The van der Waals surface area contributed by atoms with E-state index in [1.54, 1.807) is 5.16 Å². The SMILES string of the molecule is O=NN=C=S. The predicted molar refractivity (Wildman–Crippen MR) is 20.8 cm³/mol. The minimum atomic E-state index is 1.75. The lowest BCUT2D eigenvalue weighted by Crippen LogP contribution is -1.32. The van der Waals surface area contributed by atoms with Crippen LogP contribution < -0.4 is 0 Å². The van der Waals surface area contributed by atoms with Gasteiger partial charge in [0.2, 0.25) is 0 Å². The summed E-state index contributed by atoms with van der Waals surface area (Å²) in [4.78, 5) is 8.86. The molecule has 5 heavy (non-hydrogen) atoms. The second-order valence-corrected chi connectivity index (χ2v) is 0.456. The van der Waals surface area contributed by atoms with E-state index in [0.29, 0.717) is 0 Å². The third-order valence-electron chi connectivity index (χ3n) is 0.0816. The molecule has 0 radical (unpaired) electrons. The summed E-state index contributed by atoms with van der Waals surface area (Å²) in [5.74, 6) is 0. The smallest absolute Gasteiger partial charge is 0.0905 e. The van der Waals surface area contributed by atoms with Gasteiger partial charge in [0.05, 0.1) is 10.4 Å². The van der Waals surface area contributed by atoms with Crippen molar-refractivity contribution in [1.82, 2.24) is 0 Å². The Morgan fingerprint density at radius 1 is 1.80 bits per heavy atom. The molecule has 0 aliphatic rings. The van der Waals surface area contributed by atoms with Gasteiger partial charge in [-0.3, -0.25) is 0 Å². The van der Waals surface area contributed by atoms with Gasteiger partial charge in [-0.2, -0.15) is 0 Å². The van der Waals surface area contributed by atoms with Gasteiger partial charge in [-0.05, 0) is 12.2 Å². The molecule has 0 atom stereocenters. The number of hydrogen-bond donors (Lipinski definition) is 0. The Balaban J connectivity index is 3.31. The average molecular weight is 88.1 g/mol. The minimum Gasteiger partial charge on any atom is -0.122 e. The molecule has 0 aliphatic carbocycles. The van der Waals surface area contributed by atoms with Crippen molar-refractivity contribution >= 4 is 17.4 Å². The molecule has 4 heteroatoms. The molecule has 0 bridgehead atoms. The largest absolute Gasteiger partial charge is 0.122 e. The summed E-state index contributed by atoms with van der Waals surface area (Å²) in [6.07, 6.45) is 0. The monoisotopic (exact) mass is 88.0 g/mol. The first-order chi connectivity index (χ1) is 2.41. The van der Waals surface area contributed by atoms with Crippen molar-refractivity contribution in [2.75, 3.05) is 0 Å². The van der Waals surface area contributed by atoms with Crippen molar-refractivity contribution in [1.29, 1.82) is 0 Å². The van der Waals surface area contributed by atoms with Gasteiger partial charge < -0.3 is 0 Å². The Morgan fingerprint density at radius 2 is 2.40 bits per heavy atom. The van der Waals surface area contributed by atoms with Crippen LogP contribution >= 0.6 is 12.2 Å². The lowest BCUT2D eigenvalue weighted by atomic mass is 11.7. The van der Waals surface area contributed by atoms with E-state index in [1.807, 2.05) is 5.29 Å². The van der Waals surface area contributed by atoms with Crippen molar-refractivity contribution < 1.29 is 0 Å². The van der Waals surface area contributed by atoms with Crippen LogP contribution in [0.5, 0.6) is 0 Å². The number of thiocarbonyl (C=S) groups is 1. The van der Waals surface area contributed by atoms with Gasteiger partial charge in [-0.25, -0.2) is 0 Å². The van der Waals surface area contributed by atoms with Crippen LogP contribution in [0.2, 0.25) is 0 Å². The van der Waals surface area contributed by atoms with E-state index in [2.05, 4.69) is 17.3 Å². The summed E-state index contributed by atoms with van der Waals surface area (Å²) in [6, 6.07) is 0. The zero-order chi connectivity index (χ0) is 4.12. The van der Waals surface area contributed by atoms with Crippen molar-refractivity contribution in [3.05, 3.63) is 4.91 Å². The topological polar surface area (TPSA) is 41.8 Å². The lowest BCUT2D eigenvalue weighted by molar-refractivity contribution is 1.24. The number of nitroso groups, excluding NO2 is 1. The summed E-state index contributed by atoms with van der Waals surface area (Å²) in [7, 11) is 0. The minimum absolute atomic E-state index is 1.75. The predicted octanol–water partition coefficient (Wildman–Crippen LogP) is 0.771. The van der Waals surface area contributed by atoms with Crippen LogP contribution in [-0.4, -0.2) is 5.16 Å². The first-order valence-electron chi connectivity index (χ1n) is 0.810. The Kier molecular flexibility index (Phi) is 2.99. The molecule has 0 rings (SSSR count). The van der Waals surface area contributed by atoms with Crippen molar-refractivity contribution in [3.63, 3.8) is 0 Å². The molecule has 0 spiro atoms. The van der Waals surface area contributed by atoms with E-state index in [0.717, 1.165) is 0 Å². The van der Waals surface area contributed by atoms with E-state index < -0.39 is 0 Å². The fourth-order valence-electron chi connectivity index (χ4n) is 0.0167. The Morgan fingerprint density at radius 3 is 2.40 bits per heavy atom. The Hall–Kier alpha value is -0.600. The number of isothiocyanates is 1. The van der Waals surface area contributed by atoms with Crippen LogP contribution in [0.1, 0.15) is 0 Å². The van der Waals surface area contributed by atoms with Crippen molar-refractivity contribution in [2.24, 2.45) is 10.4 Å². The van der Waals surface area contributed by atoms with Gasteiger partial charge in [0.1, 0.15) is 0 Å². The molecule has 0 aliphatic heterocycles. The summed E-state index contributed by atoms with van der Waals surface area (Å²) >= 11 is 3.94. The quantitative estimate of drug-likeness (QED) is 0.205. The van der Waals surface area contributed by atoms with Crippen LogP contribution in [0.3, 0.4) is 0 Å². The summed E-state index contributed by atoms with van der Waals surface area (Å²) in [5.41, 5.74) is 0. The van der Waals surface area contributed by atoms with E-state index in [9.17, 15) is 0 Å². The molecule has 26 valence electrons. The zero-order valence-corrected chi connectivity index (χ0v) is 3.03. The van der Waals surface area contributed by atoms with Crippen LogP contribution in [-0.2, 0) is 0 Å². The highest BCUT2D eigenvalue weighted by molar-refractivity contribution is 7.78. The van der Waals surface area contributed by atoms with Gasteiger partial charge in [0, 0.05) is 0 Å². The van der Waals surface area contributed by atoms with Crippen LogP contribution in [0, 0.1) is 4.91 Å². The first-order valence-corrected chi connectivity index (χ1v) is 1.22. The number of hydrogen-bond acceptors (Lipinski definition) is 3. The molecular formula is CN2OS. The molecule has 0 saturated heterocycles. The van der Waals surface area contributed by atoms with Gasteiger partial charge in [-0.1, -0.05) is 5.10 Å². The summed E-state index contributed by atoms with van der Waals surface area (Å²) in [5, 5.41) is 6.37. The van der Waals surface area contributed by atoms with Gasteiger partial charge in [-0.15, -0.1) is 4.91 Å². The molecule has 0 aromatic rings. The molecule has 0 aromatic heterocycles. The van der Waals surface area contributed by atoms with Gasteiger partial charge in [0.25, 0.3) is 0 Å². The molecule has 0 heterocycles. The van der Waals surface area contributed by atoms with Crippen molar-refractivity contribution in [2.45, 2.75) is 0 Å². The number of nitrogens with zero attached hydrogens (tertiary/aromatic N) is 2. The maximum atomic E-state index is 8.86. The lowest BCUT2D eigenvalue weighted by Gasteiger charge is -1.40. The van der Waals surface area contributed by atoms with E-state index in [1.165, 1.54) is 0 Å². The molecule has 0 fully saturated rings. The Labute approximate surface area is 33.7 Å². The summed E-state index contributed by atoms with van der Waals surface area (Å²) < 4.78 is 0. The molecule has 0 amide bonds. The van der Waals surface area contributed by atoms with Crippen LogP contribution in [0.4, 0.5) is 0 Å². The number of rotatable bonds is 1. The third kappa shape index (κ3) is 3.40. The normalized spacial score (nSPS) is 4.80. The van der Waals surface area contributed by atoms with Gasteiger partial charge in [0.15, 0.2) is 0 Å². The molecule has 0 N–H and O–H groups in total. The second kappa shape index (κ2) is 3.40. The van der Waals surface area contributed by atoms with E-state index >= 15 is 0 Å². The fourth-order valence-corrected chi connectivity index (χ4v) is 0.0500. The molecule has 0 saturated carbocycles. The second-order valence-electron chi connectivity index (χ2n) is 0.273. The molecular weight excluding hydrogens is 88.1 g/mol. The maximum absolute atomic E-state index is 8.86. The highest BCUT2D eigenvalue weighted by Gasteiger charge is 1.43. The van der Waals surface area contributed by atoms with Crippen molar-refractivity contribution in [3.8, 4) is 0 Å². The maximum Gasteiger partial charge on any atom is 0.0905 e. The van der Waals surface area contributed by atoms with Crippen LogP contribution in [0.15, 0.2) is 10.4 Å². The third-order valence-corrected chi connectivity index (χ3v) is 0.163. The summed E-state index contributed by atoms with van der Waals surface area (Å²) in [6.45, 7) is 0. The Bertz CT molecular complexity index is 73.7. The first kappa shape index (κ1) is 4.40. The molecule has 0 aromatic carbocycles. The average Bonchev–Trinajstić information content (AvgIpc) is 1.41. The fraction of sp³-hybridized carbons (Fsp3) is 0. The molecule has 0 unspecified atom stereocenters. The van der Waals surface area contributed by atoms with Gasteiger partial charge >= 0.3 is 0 Å². The van der Waals surface area contributed by atoms with E-state index in [-0.39, 0.29) is 0 Å². The van der Waals surface area contributed by atoms with E-state index in [4.69, 9.17) is 4.91 Å². The zero-order valence-electron chi connectivity index (χ0n) is 2.21. The standard InChI is InChI=1S/CN2OS/c4-3-2-1-5. The highest BCUT2D eigenvalue weighted by atomic mass is 32.1.